The number of rotatable bonds is 3. The van der Waals surface area contributed by atoms with Gasteiger partial charge < -0.3 is 20.5 Å². The molecule has 0 saturated heterocycles. The second kappa shape index (κ2) is 6.64. The van der Waals surface area contributed by atoms with Crippen molar-refractivity contribution >= 4 is 40.5 Å². The van der Waals surface area contributed by atoms with Crippen LogP contribution in [0, 0.1) is 5.82 Å². The van der Waals surface area contributed by atoms with Gasteiger partial charge in [-0.05, 0) is 41.5 Å². The van der Waals surface area contributed by atoms with Crippen molar-refractivity contribution in [1.29, 1.82) is 0 Å². The predicted molar refractivity (Wildman–Crippen MR) is 112 cm³/mol. The number of carboxylic acid groups (broad SMARTS) is 1. The molecule has 0 saturated carbocycles. The van der Waals surface area contributed by atoms with Gasteiger partial charge in [-0.3, -0.25) is 9.59 Å². The molecule has 1 spiro atoms. The first kappa shape index (κ1) is 19.3. The van der Waals surface area contributed by atoms with Gasteiger partial charge in [-0.25, -0.2) is 9.18 Å². The molecule has 3 heterocycles. The summed E-state index contributed by atoms with van der Waals surface area (Å²) in [4.78, 5) is 38.4. The summed E-state index contributed by atoms with van der Waals surface area (Å²) in [5, 5.41) is 15.4. The largest absolute Gasteiger partial charge is 0.497 e. The average molecular weight is 438 g/mol. The normalized spacial score (nSPS) is 18.9. The minimum absolute atomic E-state index is 0.0191. The third-order valence-corrected chi connectivity index (χ3v) is 6.98. The lowest BCUT2D eigenvalue weighted by atomic mass is 9.74. The zero-order valence-electron chi connectivity index (χ0n) is 16.1. The first-order chi connectivity index (χ1) is 14.8. The van der Waals surface area contributed by atoms with Gasteiger partial charge in [0.05, 0.1) is 24.1 Å². The zero-order chi connectivity index (χ0) is 21.9. The molecule has 3 N–H and O–H groups in total. The first-order valence-electron chi connectivity index (χ1n) is 9.31. The van der Waals surface area contributed by atoms with E-state index in [1.54, 1.807) is 24.3 Å². The van der Waals surface area contributed by atoms with E-state index >= 15 is 0 Å². The fraction of sp³-hybridized carbons (Fsp3) is 0.136. The lowest BCUT2D eigenvalue weighted by molar-refractivity contribution is -0.125. The van der Waals surface area contributed by atoms with E-state index in [1.807, 2.05) is 0 Å². The van der Waals surface area contributed by atoms with Gasteiger partial charge in [-0.15, -0.1) is 11.3 Å². The molecule has 31 heavy (non-hydrogen) atoms. The number of nitrogens with one attached hydrogen (secondary N) is 2. The summed E-state index contributed by atoms with van der Waals surface area (Å²) >= 11 is 0.917. The van der Waals surface area contributed by atoms with E-state index in [0.717, 1.165) is 11.3 Å². The number of carbonyl (C=O) groups excluding carboxylic acids is 2. The van der Waals surface area contributed by atoms with E-state index in [1.165, 1.54) is 25.3 Å². The molecule has 1 unspecified atom stereocenters. The fourth-order valence-electron chi connectivity index (χ4n) is 4.27. The first-order valence-corrected chi connectivity index (χ1v) is 10.1. The van der Waals surface area contributed by atoms with Crippen molar-refractivity contribution in [1.82, 2.24) is 0 Å². The summed E-state index contributed by atoms with van der Waals surface area (Å²) in [6.07, 6.45) is -0.246. The van der Waals surface area contributed by atoms with Crippen LogP contribution in [0.1, 0.15) is 26.5 Å². The maximum Gasteiger partial charge on any atom is 0.346 e. The summed E-state index contributed by atoms with van der Waals surface area (Å²) in [6.45, 7) is 0. The Bertz CT molecular complexity index is 1280. The SMILES string of the molecule is COc1ccc(-c2c(C(=O)O)sc3c2NC(=O)CC32C(=O)Nc3ccc(F)cc32)cc1. The maximum absolute atomic E-state index is 14.1. The molecule has 7 nitrogen and oxygen atoms in total. The lowest BCUT2D eigenvalue weighted by Gasteiger charge is -2.31. The highest BCUT2D eigenvalue weighted by molar-refractivity contribution is 7.15. The van der Waals surface area contributed by atoms with Crippen LogP contribution in [-0.2, 0) is 15.0 Å². The summed E-state index contributed by atoms with van der Waals surface area (Å²) in [5.74, 6) is -2.09. The highest BCUT2D eigenvalue weighted by Crippen LogP contribution is 2.56. The molecule has 1 atom stereocenters. The number of benzene rings is 2. The molecule has 0 aliphatic carbocycles. The van der Waals surface area contributed by atoms with E-state index in [2.05, 4.69) is 10.6 Å². The standard InChI is InChI=1S/C22H15FN2O5S/c1-30-12-5-2-10(3-6-12)16-17-19(31-18(16)20(27)28)22(9-15(26)25-17)13-8-11(23)4-7-14(13)24-21(22)29/h2-8H,9H2,1H3,(H,24,29)(H,25,26)(H,27,28). The average Bonchev–Trinajstić information content (AvgIpc) is 3.25. The van der Waals surface area contributed by atoms with Gasteiger partial charge in [-0.1, -0.05) is 12.1 Å². The molecule has 1 aromatic heterocycles. The molecule has 2 aliphatic rings. The Hall–Kier alpha value is -3.72. The second-order valence-electron chi connectivity index (χ2n) is 7.32. The molecule has 2 aromatic carbocycles. The van der Waals surface area contributed by atoms with Crippen molar-refractivity contribution in [3.8, 4) is 16.9 Å². The molecule has 2 aliphatic heterocycles. The fourth-order valence-corrected chi connectivity index (χ4v) is 5.59. The van der Waals surface area contributed by atoms with Crippen LogP contribution in [0.25, 0.3) is 11.1 Å². The third-order valence-electron chi connectivity index (χ3n) is 5.64. The molecule has 2 amide bonds. The number of methoxy groups -OCH3 is 1. The topological polar surface area (TPSA) is 105 Å². The maximum atomic E-state index is 14.1. The molecule has 3 aromatic rings. The van der Waals surface area contributed by atoms with Crippen LogP contribution in [0.2, 0.25) is 0 Å². The van der Waals surface area contributed by atoms with Gasteiger partial charge in [0.2, 0.25) is 11.8 Å². The van der Waals surface area contributed by atoms with Gasteiger partial charge in [0.25, 0.3) is 0 Å². The van der Waals surface area contributed by atoms with Crippen LogP contribution in [0.5, 0.6) is 5.75 Å². The quantitative estimate of drug-likeness (QED) is 0.576. The molecule has 5 rings (SSSR count). The Labute approximate surface area is 179 Å². The predicted octanol–water partition coefficient (Wildman–Crippen LogP) is 3.84. The highest BCUT2D eigenvalue weighted by Gasteiger charge is 2.55. The molecule has 0 bridgehead atoms. The highest BCUT2D eigenvalue weighted by atomic mass is 32.1. The lowest BCUT2D eigenvalue weighted by Crippen LogP contribution is -2.42. The Morgan fingerprint density at radius 3 is 2.58 bits per heavy atom. The van der Waals surface area contributed by atoms with Crippen LogP contribution in [0.3, 0.4) is 0 Å². The minimum atomic E-state index is -1.49. The number of anilines is 2. The van der Waals surface area contributed by atoms with Gasteiger partial charge in [0.15, 0.2) is 0 Å². The molecular formula is C22H15FN2O5S. The van der Waals surface area contributed by atoms with E-state index in [-0.39, 0.29) is 17.0 Å². The van der Waals surface area contributed by atoms with Gasteiger partial charge in [0, 0.05) is 11.3 Å². The van der Waals surface area contributed by atoms with E-state index in [0.29, 0.717) is 33.0 Å². The molecule has 9 heteroatoms. The number of halogens is 1. The van der Waals surface area contributed by atoms with E-state index in [9.17, 15) is 23.9 Å². The van der Waals surface area contributed by atoms with Crippen LogP contribution in [0.4, 0.5) is 15.8 Å². The molecule has 0 fully saturated rings. The van der Waals surface area contributed by atoms with Crippen LogP contribution in [-0.4, -0.2) is 30.0 Å². The molecular weight excluding hydrogens is 423 g/mol. The summed E-state index contributed by atoms with van der Waals surface area (Å²) < 4.78 is 19.3. The Kier molecular flexibility index (Phi) is 4.13. The third kappa shape index (κ3) is 2.66. The van der Waals surface area contributed by atoms with Crippen LogP contribution in [0.15, 0.2) is 42.5 Å². The van der Waals surface area contributed by atoms with E-state index < -0.39 is 29.0 Å². The van der Waals surface area contributed by atoms with Crippen LogP contribution < -0.4 is 15.4 Å². The second-order valence-corrected chi connectivity index (χ2v) is 8.34. The number of thiophene rings is 1. The zero-order valence-corrected chi connectivity index (χ0v) is 16.9. The van der Waals surface area contributed by atoms with Gasteiger partial charge in [0.1, 0.15) is 21.9 Å². The number of ether oxygens (including phenoxy) is 1. The van der Waals surface area contributed by atoms with Crippen LogP contribution >= 0.6 is 11.3 Å². The molecule has 0 radical (unpaired) electrons. The van der Waals surface area contributed by atoms with Crippen molar-refractivity contribution < 1.29 is 28.6 Å². The summed E-state index contributed by atoms with van der Waals surface area (Å²) in [5.41, 5.74) is 0.355. The summed E-state index contributed by atoms with van der Waals surface area (Å²) in [7, 11) is 1.52. The number of carbonyl (C=O) groups is 3. The Morgan fingerprint density at radius 2 is 1.90 bits per heavy atom. The molecule has 156 valence electrons. The number of amides is 2. The van der Waals surface area contributed by atoms with Crippen molar-refractivity contribution in [2.24, 2.45) is 0 Å². The van der Waals surface area contributed by atoms with E-state index in [4.69, 9.17) is 4.74 Å². The Balaban J connectivity index is 1.81. The van der Waals surface area contributed by atoms with Crippen molar-refractivity contribution in [2.75, 3.05) is 17.7 Å². The van der Waals surface area contributed by atoms with Gasteiger partial charge >= 0.3 is 5.97 Å². The van der Waals surface area contributed by atoms with Crippen molar-refractivity contribution in [2.45, 2.75) is 11.8 Å². The van der Waals surface area contributed by atoms with Crippen molar-refractivity contribution in [3.63, 3.8) is 0 Å². The number of aromatic carboxylic acids is 1. The number of hydrogen-bond acceptors (Lipinski definition) is 5. The monoisotopic (exact) mass is 438 g/mol. The van der Waals surface area contributed by atoms with Gasteiger partial charge in [-0.2, -0.15) is 0 Å². The smallest absolute Gasteiger partial charge is 0.346 e. The number of carboxylic acids is 1. The minimum Gasteiger partial charge on any atom is -0.497 e. The summed E-state index contributed by atoms with van der Waals surface area (Å²) in [6, 6.07) is 10.6. The van der Waals surface area contributed by atoms with Crippen molar-refractivity contribution in [3.05, 3.63) is 63.6 Å². The Morgan fingerprint density at radius 1 is 1.16 bits per heavy atom. The number of hydrogen-bond donors (Lipinski definition) is 3. The number of fused-ring (bicyclic) bond motifs is 4.